The minimum Gasteiger partial charge on any atom is -0.508 e. The molecular formula is C43H56N6O8. The van der Waals surface area contributed by atoms with Gasteiger partial charge >= 0.3 is 5.97 Å². The van der Waals surface area contributed by atoms with Gasteiger partial charge in [-0.25, -0.2) is 4.79 Å². The third-order valence-electron chi connectivity index (χ3n) is 10.4. The number of rotatable bonds is 20. The van der Waals surface area contributed by atoms with Gasteiger partial charge in [-0.2, -0.15) is 0 Å². The van der Waals surface area contributed by atoms with Crippen molar-refractivity contribution in [1.29, 1.82) is 0 Å². The van der Waals surface area contributed by atoms with Crippen LogP contribution in [0.15, 0.2) is 78.9 Å². The van der Waals surface area contributed by atoms with Crippen molar-refractivity contribution in [2.24, 2.45) is 17.6 Å². The number of carbonyl (C=O) groups excluding carboxylic acids is 5. The number of fused-ring (bicyclic) bond motifs is 1. The van der Waals surface area contributed by atoms with Gasteiger partial charge < -0.3 is 42.1 Å². The first-order valence-electron chi connectivity index (χ1n) is 19.6. The number of carboxylic acid groups (broad SMARTS) is 1. The van der Waals surface area contributed by atoms with Gasteiger partial charge in [0.15, 0.2) is 0 Å². The minimum atomic E-state index is -1.23. The molecule has 0 saturated carbocycles. The first-order chi connectivity index (χ1) is 27.3. The van der Waals surface area contributed by atoms with Gasteiger partial charge in [-0.15, -0.1) is 0 Å². The van der Waals surface area contributed by atoms with Crippen molar-refractivity contribution < 1.29 is 39.0 Å². The molecule has 14 nitrogen and oxygen atoms in total. The number of phenols is 1. The lowest BCUT2D eigenvalue weighted by Crippen LogP contribution is -2.59. The van der Waals surface area contributed by atoms with Crippen molar-refractivity contribution in [1.82, 2.24) is 26.2 Å². The summed E-state index contributed by atoms with van der Waals surface area (Å²) in [5.74, 6) is -4.91. The number of carbonyl (C=O) groups is 6. The first-order valence-corrected chi connectivity index (χ1v) is 19.6. The third kappa shape index (κ3) is 12.9. The first kappa shape index (κ1) is 44.0. The standard InChI is InChI=1S/C43H56N6O8/c1-4-6-14-31(24-44)39(52)46-34(21-29-17-19-33(50)20-18-29)40(53)48-38(27(3)5-2)41(54)47-35-23-30-15-10-11-16-32(30)25-49(42(35)55)26-37(51)45-36(43(56)57)22-28-12-8-7-9-13-28/h7-13,15-20,27,31,34-36,38,50H,4-6,14,21-26,44H2,1-3H3,(H,45,51)(H,46,52)(H,47,54)(H,48,53)(H,56,57)/t27-,31+,34-,35-,36-,38-/m0/s1. The molecule has 57 heavy (non-hydrogen) atoms. The number of hydrogen-bond acceptors (Lipinski definition) is 8. The van der Waals surface area contributed by atoms with Crippen molar-refractivity contribution in [3.05, 3.63) is 101 Å². The van der Waals surface area contributed by atoms with E-state index in [2.05, 4.69) is 21.3 Å². The summed E-state index contributed by atoms with van der Waals surface area (Å²) in [6, 6.07) is 17.9. The SMILES string of the molecule is CCCC[C@H](CN)C(=O)N[C@@H](Cc1ccc(O)cc1)C(=O)N[C@H](C(=O)N[C@H]1Cc2ccccc2CN(CC(=O)N[C@@H](Cc2ccccc2)C(=O)O)C1=O)[C@@H](C)CC. The molecule has 0 saturated heterocycles. The van der Waals surface area contributed by atoms with Crippen LogP contribution in [0.3, 0.4) is 0 Å². The number of aliphatic carboxylic acids is 1. The van der Waals surface area contributed by atoms with E-state index in [0.29, 0.717) is 18.4 Å². The maximum Gasteiger partial charge on any atom is 0.326 e. The summed E-state index contributed by atoms with van der Waals surface area (Å²) in [5.41, 5.74) is 8.87. The Morgan fingerprint density at radius 3 is 2.07 bits per heavy atom. The van der Waals surface area contributed by atoms with Gasteiger partial charge in [0, 0.05) is 32.4 Å². The highest BCUT2D eigenvalue weighted by atomic mass is 16.4. The molecule has 14 heteroatoms. The second-order valence-electron chi connectivity index (χ2n) is 14.8. The van der Waals surface area contributed by atoms with Crippen LogP contribution in [0.25, 0.3) is 0 Å². The fourth-order valence-electron chi connectivity index (χ4n) is 6.82. The quantitative estimate of drug-likeness (QED) is 0.0894. The fourth-order valence-corrected chi connectivity index (χ4v) is 6.82. The van der Waals surface area contributed by atoms with Crippen LogP contribution in [0.4, 0.5) is 0 Å². The van der Waals surface area contributed by atoms with Crippen molar-refractivity contribution >= 4 is 35.5 Å². The van der Waals surface area contributed by atoms with Gasteiger partial charge in [0.1, 0.15) is 29.9 Å². The molecule has 8 N–H and O–H groups in total. The van der Waals surface area contributed by atoms with Crippen LogP contribution in [-0.4, -0.2) is 87.9 Å². The molecule has 0 spiro atoms. The van der Waals surface area contributed by atoms with E-state index in [-0.39, 0.29) is 44.0 Å². The van der Waals surface area contributed by atoms with Gasteiger partial charge in [0.2, 0.25) is 29.5 Å². The van der Waals surface area contributed by atoms with Crippen molar-refractivity contribution in [3.63, 3.8) is 0 Å². The molecule has 3 aromatic carbocycles. The maximum atomic E-state index is 14.2. The molecule has 1 aliphatic heterocycles. The highest BCUT2D eigenvalue weighted by Gasteiger charge is 2.36. The molecule has 0 unspecified atom stereocenters. The summed E-state index contributed by atoms with van der Waals surface area (Å²) in [6.07, 6.45) is 2.92. The van der Waals surface area contributed by atoms with E-state index in [0.717, 1.165) is 29.5 Å². The molecule has 4 rings (SSSR count). The second kappa shape index (κ2) is 21.5. The maximum absolute atomic E-state index is 14.2. The number of unbranched alkanes of at least 4 members (excludes halogenated alkanes) is 1. The molecule has 0 aromatic heterocycles. The average molecular weight is 785 g/mol. The third-order valence-corrected chi connectivity index (χ3v) is 10.4. The van der Waals surface area contributed by atoms with E-state index in [1.807, 2.05) is 38.1 Å². The summed E-state index contributed by atoms with van der Waals surface area (Å²) in [7, 11) is 0. The van der Waals surface area contributed by atoms with Crippen LogP contribution in [0.5, 0.6) is 5.75 Å². The number of hydrogen-bond donors (Lipinski definition) is 7. The molecule has 0 aliphatic carbocycles. The van der Waals surface area contributed by atoms with Crippen molar-refractivity contribution in [3.8, 4) is 5.75 Å². The summed E-state index contributed by atoms with van der Waals surface area (Å²) >= 11 is 0. The van der Waals surface area contributed by atoms with E-state index < -0.39 is 72.1 Å². The topological polar surface area (TPSA) is 220 Å². The van der Waals surface area contributed by atoms with Crippen LogP contribution >= 0.6 is 0 Å². The number of amides is 5. The number of benzene rings is 3. The summed E-state index contributed by atoms with van der Waals surface area (Å²) in [6.45, 7) is 5.36. The fraction of sp³-hybridized carbons (Fsp3) is 0.442. The molecule has 306 valence electrons. The van der Waals surface area contributed by atoms with Gasteiger partial charge in [0.05, 0.1) is 12.5 Å². The van der Waals surface area contributed by atoms with E-state index in [4.69, 9.17) is 5.73 Å². The molecular weight excluding hydrogens is 729 g/mol. The zero-order valence-electron chi connectivity index (χ0n) is 32.9. The average Bonchev–Trinajstić information content (AvgIpc) is 3.32. The van der Waals surface area contributed by atoms with Crippen LogP contribution in [0.1, 0.15) is 68.7 Å². The number of aromatic hydroxyl groups is 1. The van der Waals surface area contributed by atoms with Gasteiger partial charge in [0.25, 0.3) is 0 Å². The molecule has 0 radical (unpaired) electrons. The molecule has 0 fully saturated rings. The Bertz CT molecular complexity index is 1840. The number of nitrogens with two attached hydrogens (primary N) is 1. The lowest BCUT2D eigenvalue weighted by molar-refractivity contribution is -0.143. The smallest absolute Gasteiger partial charge is 0.326 e. The van der Waals surface area contributed by atoms with Crippen molar-refractivity contribution in [2.75, 3.05) is 13.1 Å². The summed E-state index contributed by atoms with van der Waals surface area (Å²) < 4.78 is 0. The summed E-state index contributed by atoms with van der Waals surface area (Å²) in [4.78, 5) is 82.5. The zero-order chi connectivity index (χ0) is 41.5. The number of carboxylic acids is 1. The summed E-state index contributed by atoms with van der Waals surface area (Å²) in [5, 5.41) is 30.8. The Labute approximate surface area is 334 Å². The molecule has 3 aromatic rings. The number of nitrogens with one attached hydrogen (secondary N) is 4. The molecule has 6 atom stereocenters. The van der Waals surface area contributed by atoms with Gasteiger partial charge in [-0.3, -0.25) is 24.0 Å². The largest absolute Gasteiger partial charge is 0.508 e. The highest BCUT2D eigenvalue weighted by Crippen LogP contribution is 2.21. The van der Waals surface area contributed by atoms with Gasteiger partial charge in [-0.05, 0) is 46.7 Å². The highest BCUT2D eigenvalue weighted by molar-refractivity contribution is 5.96. The van der Waals surface area contributed by atoms with Crippen molar-refractivity contribution in [2.45, 2.75) is 96.4 Å². The van der Waals surface area contributed by atoms with Gasteiger partial charge in [-0.1, -0.05) is 107 Å². The predicted octanol–water partition coefficient (Wildman–Crippen LogP) is 2.60. The molecule has 5 amide bonds. The van der Waals surface area contributed by atoms with Crippen LogP contribution in [0.2, 0.25) is 0 Å². The minimum absolute atomic E-state index is 0.0439. The Hall–Kier alpha value is -5.76. The Balaban J connectivity index is 1.54. The lowest BCUT2D eigenvalue weighted by Gasteiger charge is -2.30. The number of phenolic OH excluding ortho intramolecular Hbond substituents is 1. The zero-order valence-corrected chi connectivity index (χ0v) is 32.9. The van der Waals surface area contributed by atoms with E-state index in [9.17, 15) is 39.0 Å². The van der Waals surface area contributed by atoms with E-state index in [1.165, 1.54) is 17.0 Å². The van der Waals surface area contributed by atoms with Crippen LogP contribution in [0, 0.1) is 11.8 Å². The monoisotopic (exact) mass is 784 g/mol. The number of nitrogens with zero attached hydrogens (tertiary/aromatic N) is 1. The Kier molecular flexibility index (Phi) is 16.6. The van der Waals surface area contributed by atoms with Crippen LogP contribution < -0.4 is 27.0 Å². The molecule has 1 aliphatic rings. The Morgan fingerprint density at radius 1 is 0.807 bits per heavy atom. The molecule has 0 bridgehead atoms. The molecule has 1 heterocycles. The lowest BCUT2D eigenvalue weighted by atomic mass is 9.95. The predicted molar refractivity (Wildman–Crippen MR) is 214 cm³/mol. The van der Waals surface area contributed by atoms with E-state index in [1.54, 1.807) is 49.4 Å². The normalized spacial score (nSPS) is 16.5. The van der Waals surface area contributed by atoms with Crippen LogP contribution in [-0.2, 0) is 54.6 Å². The van der Waals surface area contributed by atoms with E-state index >= 15 is 0 Å². The second-order valence-corrected chi connectivity index (χ2v) is 14.8. The Morgan fingerprint density at radius 2 is 1.44 bits per heavy atom.